The third kappa shape index (κ3) is 6.24. The fourth-order valence-corrected chi connectivity index (χ4v) is 6.12. The number of pyridine rings is 1. The number of imidazole rings is 1. The molecule has 0 bridgehead atoms. The topological polar surface area (TPSA) is 78.7 Å². The minimum atomic E-state index is -0.399. The first kappa shape index (κ1) is 27.7. The Labute approximate surface area is 246 Å². The van der Waals surface area contributed by atoms with E-state index in [-0.39, 0.29) is 18.7 Å². The summed E-state index contributed by atoms with van der Waals surface area (Å²) in [5, 5.41) is 0.351. The Hall–Kier alpha value is -3.47. The molecular formula is C30H30ClFN4O4S. The van der Waals surface area contributed by atoms with Gasteiger partial charge in [0.15, 0.2) is 0 Å². The number of anilines is 1. The average molecular weight is 597 g/mol. The molecule has 0 N–H and O–H groups in total. The lowest BCUT2D eigenvalue weighted by molar-refractivity contribution is -0.0586. The molecular weight excluding hydrogens is 567 g/mol. The van der Waals surface area contributed by atoms with E-state index in [0.717, 1.165) is 60.9 Å². The zero-order valence-electron chi connectivity index (χ0n) is 22.6. The van der Waals surface area contributed by atoms with Gasteiger partial charge in [-0.25, -0.2) is 14.2 Å². The molecule has 2 saturated heterocycles. The third-order valence-corrected chi connectivity index (χ3v) is 8.63. The predicted molar refractivity (Wildman–Crippen MR) is 157 cm³/mol. The van der Waals surface area contributed by atoms with E-state index >= 15 is 0 Å². The van der Waals surface area contributed by atoms with Gasteiger partial charge in [0.25, 0.3) is 0 Å². The first-order valence-corrected chi connectivity index (χ1v) is 14.9. The molecule has 1 atom stereocenters. The van der Waals surface area contributed by atoms with Crippen molar-refractivity contribution in [2.45, 2.75) is 45.4 Å². The molecule has 1 aromatic carbocycles. The van der Waals surface area contributed by atoms with Crippen molar-refractivity contribution in [1.29, 1.82) is 0 Å². The normalized spacial score (nSPS) is 17.0. The Kier molecular flexibility index (Phi) is 8.23. The number of fused-ring (bicyclic) bond motifs is 1. The third-order valence-electron chi connectivity index (χ3n) is 7.27. The van der Waals surface area contributed by atoms with Crippen molar-refractivity contribution in [1.82, 2.24) is 14.5 Å². The maximum atomic E-state index is 14.1. The number of ether oxygens (including phenoxy) is 3. The summed E-state index contributed by atoms with van der Waals surface area (Å²) in [5.41, 5.74) is 2.54. The second-order valence-corrected chi connectivity index (χ2v) is 11.5. The molecule has 2 aliphatic heterocycles. The van der Waals surface area contributed by atoms with Gasteiger partial charge in [0.1, 0.15) is 39.3 Å². The van der Waals surface area contributed by atoms with Crippen LogP contribution >= 0.6 is 22.9 Å². The van der Waals surface area contributed by atoms with E-state index in [1.807, 2.05) is 18.2 Å². The number of nitrogens with zero attached hydrogens (tertiary/aromatic N) is 4. The van der Waals surface area contributed by atoms with E-state index < -0.39 is 5.82 Å². The van der Waals surface area contributed by atoms with E-state index in [4.69, 9.17) is 30.8 Å². The number of hydrogen-bond acceptors (Lipinski definition) is 8. The van der Waals surface area contributed by atoms with Crippen LogP contribution < -0.4 is 9.64 Å². The van der Waals surface area contributed by atoms with Crippen molar-refractivity contribution >= 4 is 51.1 Å². The van der Waals surface area contributed by atoms with Gasteiger partial charge in [0.05, 0.1) is 19.3 Å². The molecule has 3 aromatic heterocycles. The molecule has 214 valence electrons. The van der Waals surface area contributed by atoms with Crippen LogP contribution in [0, 0.1) is 5.82 Å². The molecule has 4 aromatic rings. The summed E-state index contributed by atoms with van der Waals surface area (Å²) in [7, 11) is 0. The summed E-state index contributed by atoms with van der Waals surface area (Å²) in [6, 6.07) is 12.0. The van der Waals surface area contributed by atoms with E-state index in [0.29, 0.717) is 34.5 Å². The number of benzene rings is 1. The van der Waals surface area contributed by atoms with Gasteiger partial charge in [-0.15, -0.1) is 11.3 Å². The first-order chi connectivity index (χ1) is 20.0. The summed E-state index contributed by atoms with van der Waals surface area (Å²) in [6.45, 7) is 5.33. The van der Waals surface area contributed by atoms with Crippen LogP contribution in [0.25, 0.3) is 16.4 Å². The number of carbonyl (C=O) groups excluding carboxylic acids is 1. The number of hydrogen-bond donors (Lipinski definition) is 0. The highest BCUT2D eigenvalue weighted by Crippen LogP contribution is 2.31. The first-order valence-electron chi connectivity index (χ1n) is 13.7. The Bertz CT molecular complexity index is 1590. The predicted octanol–water partition coefficient (Wildman–Crippen LogP) is 6.51. The van der Waals surface area contributed by atoms with E-state index in [2.05, 4.69) is 20.5 Å². The van der Waals surface area contributed by atoms with Gasteiger partial charge >= 0.3 is 5.97 Å². The van der Waals surface area contributed by atoms with Gasteiger partial charge in [-0.05, 0) is 56.5 Å². The SMILES string of the molecule is CCOC(=O)c1cc2nc(C=C3CCN(c4cccc(OCc5ccc(Cl)cc5F)n4)CC3)n(C[C@@H]3CCO3)c2s1. The molecule has 5 heterocycles. The highest BCUT2D eigenvalue weighted by atomic mass is 35.5. The van der Waals surface area contributed by atoms with Crippen LogP contribution in [0.2, 0.25) is 5.02 Å². The summed E-state index contributed by atoms with van der Waals surface area (Å²) in [4.78, 5) is 25.6. The fourth-order valence-electron chi connectivity index (χ4n) is 4.96. The second-order valence-electron chi connectivity index (χ2n) is 10.0. The summed E-state index contributed by atoms with van der Waals surface area (Å²) in [5.74, 6) is 1.46. The highest BCUT2D eigenvalue weighted by molar-refractivity contribution is 7.20. The lowest BCUT2D eigenvalue weighted by Gasteiger charge is -2.30. The van der Waals surface area contributed by atoms with Gasteiger partial charge in [-0.1, -0.05) is 29.3 Å². The van der Waals surface area contributed by atoms with Crippen LogP contribution in [0.3, 0.4) is 0 Å². The average Bonchev–Trinajstić information content (AvgIpc) is 3.49. The van der Waals surface area contributed by atoms with Crippen molar-refractivity contribution in [3.05, 3.63) is 75.1 Å². The quantitative estimate of drug-likeness (QED) is 0.204. The molecule has 2 aliphatic rings. The van der Waals surface area contributed by atoms with Gasteiger partial charge < -0.3 is 23.7 Å². The highest BCUT2D eigenvalue weighted by Gasteiger charge is 2.24. The van der Waals surface area contributed by atoms with Crippen molar-refractivity contribution < 1.29 is 23.4 Å². The minimum absolute atomic E-state index is 0.0730. The molecule has 0 aliphatic carbocycles. The van der Waals surface area contributed by atoms with Crippen LogP contribution in [0.1, 0.15) is 47.2 Å². The van der Waals surface area contributed by atoms with Gasteiger partial charge in [-0.3, -0.25) is 0 Å². The molecule has 0 saturated carbocycles. The summed E-state index contributed by atoms with van der Waals surface area (Å²) >= 11 is 7.26. The van der Waals surface area contributed by atoms with Crippen LogP contribution in [0.4, 0.5) is 10.2 Å². The summed E-state index contributed by atoms with van der Waals surface area (Å²) in [6.07, 6.45) is 5.11. The fraction of sp³-hybridized carbons (Fsp3) is 0.367. The second kappa shape index (κ2) is 12.2. The van der Waals surface area contributed by atoms with E-state index in [9.17, 15) is 9.18 Å². The Morgan fingerprint density at radius 2 is 2.05 bits per heavy atom. The molecule has 6 rings (SSSR count). The van der Waals surface area contributed by atoms with Crippen LogP contribution in [-0.4, -0.2) is 52.9 Å². The van der Waals surface area contributed by atoms with Crippen LogP contribution in [0.15, 0.2) is 48.0 Å². The van der Waals surface area contributed by atoms with Crippen molar-refractivity contribution in [2.75, 3.05) is 31.2 Å². The Morgan fingerprint density at radius 3 is 2.78 bits per heavy atom. The smallest absolute Gasteiger partial charge is 0.348 e. The van der Waals surface area contributed by atoms with Crippen LogP contribution in [-0.2, 0) is 22.6 Å². The maximum absolute atomic E-state index is 14.1. The number of thiophene rings is 1. The van der Waals surface area contributed by atoms with Gasteiger partial charge in [0, 0.05) is 36.3 Å². The van der Waals surface area contributed by atoms with Crippen molar-refractivity contribution in [2.24, 2.45) is 0 Å². The molecule has 0 unspecified atom stereocenters. The Morgan fingerprint density at radius 1 is 1.22 bits per heavy atom. The van der Waals surface area contributed by atoms with Crippen molar-refractivity contribution in [3.8, 4) is 5.88 Å². The maximum Gasteiger partial charge on any atom is 0.348 e. The molecule has 11 heteroatoms. The molecule has 0 radical (unpaired) electrons. The monoisotopic (exact) mass is 596 g/mol. The lowest BCUT2D eigenvalue weighted by Crippen LogP contribution is -2.32. The van der Waals surface area contributed by atoms with Crippen molar-refractivity contribution in [3.63, 3.8) is 0 Å². The standard InChI is InChI=1S/C30H30ClFN4O4S/c1-2-38-30(37)25-16-24-29(41-25)36(17-22-10-13-39-22)27(33-24)14-19-8-11-35(12-9-19)26-4-3-5-28(34-26)40-18-20-6-7-21(31)15-23(20)32/h3-7,14-16,22H,2,8-13,17-18H2,1H3/t22-/m0/s1. The zero-order valence-corrected chi connectivity index (χ0v) is 24.2. The molecule has 8 nitrogen and oxygen atoms in total. The number of piperidine rings is 1. The molecule has 41 heavy (non-hydrogen) atoms. The molecule has 0 amide bonds. The largest absolute Gasteiger partial charge is 0.473 e. The number of esters is 1. The number of aromatic nitrogens is 3. The lowest BCUT2D eigenvalue weighted by atomic mass is 10.0. The van der Waals surface area contributed by atoms with Gasteiger partial charge in [0.2, 0.25) is 5.88 Å². The molecule has 0 spiro atoms. The minimum Gasteiger partial charge on any atom is -0.473 e. The number of halogens is 2. The van der Waals surface area contributed by atoms with E-state index in [1.165, 1.54) is 23.0 Å². The number of carbonyl (C=O) groups is 1. The molecule has 2 fully saturated rings. The summed E-state index contributed by atoms with van der Waals surface area (Å²) < 4.78 is 33.0. The zero-order chi connectivity index (χ0) is 28.3. The van der Waals surface area contributed by atoms with Gasteiger partial charge in [-0.2, -0.15) is 4.98 Å². The van der Waals surface area contributed by atoms with E-state index in [1.54, 1.807) is 25.1 Å². The van der Waals surface area contributed by atoms with Crippen LogP contribution in [0.5, 0.6) is 5.88 Å². The number of rotatable bonds is 9. The Balaban J connectivity index is 1.13.